The monoisotopic (exact) mass is 235 g/mol. The summed E-state index contributed by atoms with van der Waals surface area (Å²) in [5.41, 5.74) is 1.34. The van der Waals surface area contributed by atoms with Gasteiger partial charge < -0.3 is 4.74 Å². The zero-order chi connectivity index (χ0) is 11.5. The number of ether oxygens (including phenoxy) is 1. The van der Waals surface area contributed by atoms with E-state index in [0.717, 1.165) is 5.69 Å². The first-order chi connectivity index (χ1) is 7.72. The molecule has 0 saturated heterocycles. The molecule has 0 aliphatic heterocycles. The second-order valence-corrected chi connectivity index (χ2v) is 3.46. The molecule has 1 aromatic heterocycles. The molecule has 0 aliphatic carbocycles. The minimum absolute atomic E-state index is 0.359. The summed E-state index contributed by atoms with van der Waals surface area (Å²) < 4.78 is 6.82. The highest BCUT2D eigenvalue weighted by Gasteiger charge is 2.05. The minimum atomic E-state index is -0.359. The van der Waals surface area contributed by atoms with Gasteiger partial charge in [0.05, 0.1) is 12.7 Å². The molecule has 0 bridgehead atoms. The van der Waals surface area contributed by atoms with Crippen LogP contribution in [0.1, 0.15) is 10.4 Å². The van der Waals surface area contributed by atoms with Crippen LogP contribution in [-0.2, 0) is 4.74 Å². The van der Waals surface area contributed by atoms with E-state index in [-0.39, 0.29) is 5.97 Å². The van der Waals surface area contributed by atoms with Crippen LogP contribution >= 0.6 is 12.2 Å². The summed E-state index contributed by atoms with van der Waals surface area (Å²) in [6, 6.07) is 6.90. The summed E-state index contributed by atoms with van der Waals surface area (Å²) in [6.45, 7) is 0. The molecule has 0 amide bonds. The predicted molar refractivity (Wildman–Crippen MR) is 60.1 cm³/mol. The molecule has 16 heavy (non-hydrogen) atoms. The number of nitrogens with one attached hydrogen (secondary N) is 1. The van der Waals surface area contributed by atoms with Crippen LogP contribution < -0.4 is 0 Å². The van der Waals surface area contributed by atoms with E-state index in [0.29, 0.717) is 10.3 Å². The Kier molecular flexibility index (Phi) is 2.82. The summed E-state index contributed by atoms with van der Waals surface area (Å²) in [5.74, 6) is -0.359. The molecule has 0 fully saturated rings. The molecule has 5 nitrogen and oxygen atoms in total. The van der Waals surface area contributed by atoms with Crippen molar-refractivity contribution in [2.24, 2.45) is 0 Å². The normalized spacial score (nSPS) is 10.1. The molecule has 0 unspecified atom stereocenters. The van der Waals surface area contributed by atoms with Crippen LogP contribution in [0.3, 0.4) is 0 Å². The number of carbonyl (C=O) groups is 1. The van der Waals surface area contributed by atoms with Gasteiger partial charge >= 0.3 is 5.97 Å². The first-order valence-electron chi connectivity index (χ1n) is 4.53. The number of aromatic amines is 1. The zero-order valence-corrected chi connectivity index (χ0v) is 9.32. The summed E-state index contributed by atoms with van der Waals surface area (Å²) in [7, 11) is 1.35. The Balaban J connectivity index is 2.37. The number of nitrogens with zero attached hydrogens (tertiary/aromatic N) is 2. The SMILES string of the molecule is COC(=O)c1ccc(-n2cn[nH]c2=S)cc1. The average Bonchev–Trinajstić information content (AvgIpc) is 2.75. The maximum atomic E-state index is 11.2. The molecule has 0 atom stereocenters. The van der Waals surface area contributed by atoms with Crippen LogP contribution in [0.5, 0.6) is 0 Å². The van der Waals surface area contributed by atoms with Gasteiger partial charge in [-0.1, -0.05) is 0 Å². The average molecular weight is 235 g/mol. The molecular formula is C10H9N3O2S. The van der Waals surface area contributed by atoms with Gasteiger partial charge in [0.25, 0.3) is 0 Å². The Hall–Kier alpha value is -1.95. The lowest BCUT2D eigenvalue weighted by molar-refractivity contribution is 0.0601. The molecule has 0 aliphatic rings. The van der Waals surface area contributed by atoms with E-state index in [1.807, 2.05) is 0 Å². The number of aromatic nitrogens is 3. The van der Waals surface area contributed by atoms with Crippen LogP contribution in [0.25, 0.3) is 5.69 Å². The van der Waals surface area contributed by atoms with Crippen LogP contribution in [0.4, 0.5) is 0 Å². The van der Waals surface area contributed by atoms with Crippen LogP contribution in [0.15, 0.2) is 30.6 Å². The molecule has 0 spiro atoms. The van der Waals surface area contributed by atoms with Crippen molar-refractivity contribution in [3.8, 4) is 5.69 Å². The Morgan fingerprint density at radius 2 is 2.12 bits per heavy atom. The lowest BCUT2D eigenvalue weighted by atomic mass is 10.2. The van der Waals surface area contributed by atoms with Gasteiger partial charge in [0, 0.05) is 5.69 Å². The van der Waals surface area contributed by atoms with Gasteiger partial charge in [-0.2, -0.15) is 5.10 Å². The van der Waals surface area contributed by atoms with Crippen molar-refractivity contribution in [2.45, 2.75) is 0 Å². The third-order valence-corrected chi connectivity index (χ3v) is 2.41. The van der Waals surface area contributed by atoms with E-state index in [1.165, 1.54) is 7.11 Å². The standard InChI is InChI=1S/C10H9N3O2S/c1-15-9(14)7-2-4-8(5-3-7)13-6-11-12-10(13)16/h2-6H,1H3,(H,12,16). The maximum Gasteiger partial charge on any atom is 0.337 e. The molecule has 2 aromatic rings. The van der Waals surface area contributed by atoms with Gasteiger partial charge in [0.2, 0.25) is 0 Å². The van der Waals surface area contributed by atoms with Crippen molar-refractivity contribution in [1.82, 2.24) is 14.8 Å². The third-order valence-electron chi connectivity index (χ3n) is 2.12. The summed E-state index contributed by atoms with van der Waals surface area (Å²) >= 11 is 5.03. The Morgan fingerprint density at radius 3 is 2.62 bits per heavy atom. The fourth-order valence-electron chi connectivity index (χ4n) is 1.31. The Bertz CT molecular complexity index is 556. The molecule has 82 valence electrons. The number of carbonyl (C=O) groups excluding carboxylic acids is 1. The second-order valence-electron chi connectivity index (χ2n) is 3.07. The van der Waals surface area contributed by atoms with E-state index < -0.39 is 0 Å². The van der Waals surface area contributed by atoms with E-state index in [9.17, 15) is 4.79 Å². The fraction of sp³-hybridized carbons (Fsp3) is 0.100. The molecule has 2 rings (SSSR count). The van der Waals surface area contributed by atoms with Gasteiger partial charge in [-0.05, 0) is 36.5 Å². The predicted octanol–water partition coefficient (Wildman–Crippen LogP) is 1.72. The number of methoxy groups -OCH3 is 1. The van der Waals surface area contributed by atoms with Crippen molar-refractivity contribution in [3.63, 3.8) is 0 Å². The van der Waals surface area contributed by atoms with Gasteiger partial charge in [-0.25, -0.2) is 4.79 Å². The molecule has 6 heteroatoms. The molecule has 1 heterocycles. The molecule has 0 saturated carbocycles. The lowest BCUT2D eigenvalue weighted by Gasteiger charge is -2.02. The summed E-state index contributed by atoms with van der Waals surface area (Å²) in [5, 5.41) is 6.47. The van der Waals surface area contributed by atoms with Gasteiger partial charge in [-0.3, -0.25) is 9.67 Å². The van der Waals surface area contributed by atoms with Gasteiger partial charge in [-0.15, -0.1) is 0 Å². The zero-order valence-electron chi connectivity index (χ0n) is 8.51. The van der Waals surface area contributed by atoms with Gasteiger partial charge in [0.15, 0.2) is 4.77 Å². The number of hydrogen-bond acceptors (Lipinski definition) is 4. The number of hydrogen-bond donors (Lipinski definition) is 1. The highest BCUT2D eigenvalue weighted by molar-refractivity contribution is 7.71. The van der Waals surface area contributed by atoms with Gasteiger partial charge in [0.1, 0.15) is 6.33 Å². The van der Waals surface area contributed by atoms with Crippen molar-refractivity contribution >= 4 is 18.2 Å². The first-order valence-corrected chi connectivity index (χ1v) is 4.94. The number of benzene rings is 1. The largest absolute Gasteiger partial charge is 0.465 e. The van der Waals surface area contributed by atoms with Crippen molar-refractivity contribution in [1.29, 1.82) is 0 Å². The number of rotatable bonds is 2. The van der Waals surface area contributed by atoms with Crippen LogP contribution in [0.2, 0.25) is 0 Å². The first kappa shape index (κ1) is 10.6. The van der Waals surface area contributed by atoms with E-state index in [4.69, 9.17) is 12.2 Å². The van der Waals surface area contributed by atoms with Crippen molar-refractivity contribution in [2.75, 3.05) is 7.11 Å². The van der Waals surface area contributed by atoms with Crippen LogP contribution in [-0.4, -0.2) is 27.8 Å². The molecule has 0 radical (unpaired) electrons. The number of esters is 1. The minimum Gasteiger partial charge on any atom is -0.465 e. The molecular weight excluding hydrogens is 226 g/mol. The smallest absolute Gasteiger partial charge is 0.337 e. The summed E-state index contributed by atoms with van der Waals surface area (Å²) in [6.07, 6.45) is 1.58. The van der Waals surface area contributed by atoms with Crippen LogP contribution in [0, 0.1) is 4.77 Å². The molecule has 1 N–H and O–H groups in total. The highest BCUT2D eigenvalue weighted by Crippen LogP contribution is 2.10. The third kappa shape index (κ3) is 1.87. The topological polar surface area (TPSA) is 59.9 Å². The quantitative estimate of drug-likeness (QED) is 0.636. The lowest BCUT2D eigenvalue weighted by Crippen LogP contribution is -2.01. The van der Waals surface area contributed by atoms with E-state index in [2.05, 4.69) is 14.9 Å². The Labute approximate surface area is 96.7 Å². The second kappa shape index (κ2) is 4.28. The fourth-order valence-corrected chi connectivity index (χ4v) is 1.51. The maximum absolute atomic E-state index is 11.2. The summed E-state index contributed by atoms with van der Waals surface area (Å²) in [4.78, 5) is 11.2. The molecule has 1 aromatic carbocycles. The van der Waals surface area contributed by atoms with Crippen molar-refractivity contribution in [3.05, 3.63) is 40.9 Å². The Morgan fingerprint density at radius 1 is 1.44 bits per heavy atom. The van der Waals surface area contributed by atoms with E-state index >= 15 is 0 Å². The number of H-pyrrole nitrogens is 1. The van der Waals surface area contributed by atoms with Crippen molar-refractivity contribution < 1.29 is 9.53 Å². The van der Waals surface area contributed by atoms with E-state index in [1.54, 1.807) is 35.2 Å². The highest BCUT2D eigenvalue weighted by atomic mass is 32.1.